The molecule has 2 aliphatic heterocycles. The molecule has 2 aliphatic rings. The van der Waals surface area contributed by atoms with Crippen molar-refractivity contribution in [3.8, 4) is 5.75 Å². The Hall–Kier alpha value is -2.63. The van der Waals surface area contributed by atoms with Gasteiger partial charge in [0.1, 0.15) is 11.4 Å². The van der Waals surface area contributed by atoms with Crippen molar-refractivity contribution in [2.45, 2.75) is 31.3 Å². The van der Waals surface area contributed by atoms with E-state index in [4.69, 9.17) is 9.84 Å². The zero-order valence-corrected chi connectivity index (χ0v) is 13.3. The lowest BCUT2D eigenvalue weighted by Gasteiger charge is -2.44. The number of carboxylic acids is 1. The highest BCUT2D eigenvalue weighted by Crippen LogP contribution is 2.39. The maximum Gasteiger partial charge on any atom is 0.356 e. The Bertz CT molecular complexity index is 752. The van der Waals surface area contributed by atoms with Gasteiger partial charge in [-0.1, -0.05) is 18.2 Å². The summed E-state index contributed by atoms with van der Waals surface area (Å²) in [6.07, 6.45) is 3.97. The Morgan fingerprint density at radius 1 is 1.08 bits per heavy atom. The number of piperidine rings is 1. The van der Waals surface area contributed by atoms with Crippen LogP contribution in [-0.4, -0.2) is 40.0 Å². The number of aromatic carboxylic acids is 1. The number of nitrogens with zero attached hydrogens (tertiary/aromatic N) is 3. The average molecular weight is 325 g/mol. The molecule has 0 aliphatic carbocycles. The molecule has 6 heteroatoms. The lowest BCUT2D eigenvalue weighted by Crippen LogP contribution is -2.50. The highest BCUT2D eigenvalue weighted by atomic mass is 16.5. The lowest BCUT2D eigenvalue weighted by atomic mass is 9.83. The van der Waals surface area contributed by atoms with E-state index >= 15 is 0 Å². The smallest absolute Gasteiger partial charge is 0.356 e. The van der Waals surface area contributed by atoms with Crippen molar-refractivity contribution in [2.75, 3.05) is 18.0 Å². The molecule has 24 heavy (non-hydrogen) atoms. The van der Waals surface area contributed by atoms with Gasteiger partial charge in [0.2, 0.25) is 0 Å². The van der Waals surface area contributed by atoms with Crippen molar-refractivity contribution in [3.63, 3.8) is 0 Å². The molecule has 1 spiro atoms. The predicted molar refractivity (Wildman–Crippen MR) is 88.6 cm³/mol. The fraction of sp³-hybridized carbons (Fsp3) is 0.389. The fourth-order valence-corrected chi connectivity index (χ4v) is 3.56. The number of hydrogen-bond donors (Lipinski definition) is 1. The molecule has 1 aromatic heterocycles. The van der Waals surface area contributed by atoms with Gasteiger partial charge in [0.15, 0.2) is 11.5 Å². The number of hydrogen-bond acceptors (Lipinski definition) is 5. The number of carbonyl (C=O) groups is 1. The van der Waals surface area contributed by atoms with E-state index in [1.807, 2.05) is 6.07 Å². The molecule has 0 atom stereocenters. The number of anilines is 1. The van der Waals surface area contributed by atoms with Gasteiger partial charge in [-0.3, -0.25) is 0 Å². The fourth-order valence-electron chi connectivity index (χ4n) is 3.56. The predicted octanol–water partition coefficient (Wildman–Crippen LogP) is 2.54. The second-order valence-corrected chi connectivity index (χ2v) is 6.46. The summed E-state index contributed by atoms with van der Waals surface area (Å²) < 4.78 is 6.35. The average Bonchev–Trinajstić information content (AvgIpc) is 2.62. The summed E-state index contributed by atoms with van der Waals surface area (Å²) in [6, 6.07) is 11.5. The molecule has 0 saturated carbocycles. The van der Waals surface area contributed by atoms with Crippen molar-refractivity contribution in [1.82, 2.24) is 10.2 Å². The Morgan fingerprint density at radius 3 is 2.58 bits per heavy atom. The first kappa shape index (κ1) is 14.9. The molecule has 0 unspecified atom stereocenters. The summed E-state index contributed by atoms with van der Waals surface area (Å²) in [6.45, 7) is 1.67. The molecule has 1 N–H and O–H groups in total. The van der Waals surface area contributed by atoms with Crippen LogP contribution in [0.25, 0.3) is 0 Å². The van der Waals surface area contributed by atoms with Crippen LogP contribution in [0.4, 0.5) is 5.82 Å². The van der Waals surface area contributed by atoms with Crippen molar-refractivity contribution >= 4 is 11.8 Å². The minimum Gasteiger partial charge on any atom is -0.487 e. The van der Waals surface area contributed by atoms with Crippen LogP contribution in [0.3, 0.4) is 0 Å². The first-order valence-electron chi connectivity index (χ1n) is 8.24. The van der Waals surface area contributed by atoms with Gasteiger partial charge in [-0.25, -0.2) is 4.79 Å². The van der Waals surface area contributed by atoms with Crippen molar-refractivity contribution in [2.24, 2.45) is 0 Å². The number of benzene rings is 1. The lowest BCUT2D eigenvalue weighted by molar-refractivity contribution is 0.0224. The van der Waals surface area contributed by atoms with E-state index in [0.717, 1.165) is 50.3 Å². The van der Waals surface area contributed by atoms with E-state index < -0.39 is 5.97 Å². The zero-order valence-electron chi connectivity index (χ0n) is 13.3. The molecule has 2 aromatic rings. The molecule has 124 valence electrons. The SMILES string of the molecule is O=C(O)c1ccc(N2CCC3(CCc4ccccc4O3)CC2)nn1. The van der Waals surface area contributed by atoms with Gasteiger partial charge < -0.3 is 14.7 Å². The number of carboxylic acid groups (broad SMARTS) is 1. The third-order valence-electron chi connectivity index (χ3n) is 5.02. The highest BCUT2D eigenvalue weighted by molar-refractivity contribution is 5.85. The van der Waals surface area contributed by atoms with E-state index in [0.29, 0.717) is 0 Å². The van der Waals surface area contributed by atoms with Gasteiger partial charge in [-0.2, -0.15) is 0 Å². The molecule has 6 nitrogen and oxygen atoms in total. The molecule has 0 amide bonds. The Labute approximate surface area is 140 Å². The van der Waals surface area contributed by atoms with Crippen LogP contribution >= 0.6 is 0 Å². The molecule has 1 fully saturated rings. The van der Waals surface area contributed by atoms with Gasteiger partial charge >= 0.3 is 5.97 Å². The van der Waals surface area contributed by atoms with Crippen LogP contribution in [0, 0.1) is 0 Å². The third kappa shape index (κ3) is 2.68. The van der Waals surface area contributed by atoms with Crippen LogP contribution in [-0.2, 0) is 6.42 Å². The van der Waals surface area contributed by atoms with E-state index in [2.05, 4.69) is 33.3 Å². The Balaban J connectivity index is 1.44. The summed E-state index contributed by atoms with van der Waals surface area (Å²) in [5.74, 6) is 0.690. The molecule has 0 radical (unpaired) electrons. The highest BCUT2D eigenvalue weighted by Gasteiger charge is 2.39. The van der Waals surface area contributed by atoms with Crippen molar-refractivity contribution < 1.29 is 14.6 Å². The molecule has 1 aromatic carbocycles. The molecule has 4 rings (SSSR count). The van der Waals surface area contributed by atoms with Crippen molar-refractivity contribution in [1.29, 1.82) is 0 Å². The largest absolute Gasteiger partial charge is 0.487 e. The summed E-state index contributed by atoms with van der Waals surface area (Å²) >= 11 is 0. The summed E-state index contributed by atoms with van der Waals surface area (Å²) in [4.78, 5) is 13.0. The zero-order chi connectivity index (χ0) is 16.6. The van der Waals surface area contributed by atoms with E-state index in [1.54, 1.807) is 6.07 Å². The first-order valence-corrected chi connectivity index (χ1v) is 8.24. The monoisotopic (exact) mass is 325 g/mol. The number of ether oxygens (including phenoxy) is 1. The summed E-state index contributed by atoms with van der Waals surface area (Å²) in [7, 11) is 0. The summed E-state index contributed by atoms with van der Waals surface area (Å²) in [5.41, 5.74) is 1.18. The van der Waals surface area contributed by atoms with Crippen LogP contribution in [0.2, 0.25) is 0 Å². The standard InChI is InChI=1S/C18H19N3O3/c22-17(23)14-5-6-16(20-19-14)21-11-9-18(10-12-21)8-7-13-3-1-2-4-15(13)24-18/h1-6H,7-12H2,(H,22,23). The first-order chi connectivity index (χ1) is 11.7. The van der Waals surface area contributed by atoms with Crippen LogP contribution in [0.5, 0.6) is 5.75 Å². The second kappa shape index (κ2) is 5.78. The Morgan fingerprint density at radius 2 is 1.88 bits per heavy atom. The summed E-state index contributed by atoms with van der Waals surface area (Å²) in [5, 5.41) is 16.7. The van der Waals surface area contributed by atoms with Gasteiger partial charge in [0, 0.05) is 25.9 Å². The number of aryl methyl sites for hydroxylation is 1. The number of fused-ring (bicyclic) bond motifs is 1. The molecule has 1 saturated heterocycles. The van der Waals surface area contributed by atoms with Crippen LogP contribution < -0.4 is 9.64 Å². The minimum atomic E-state index is -1.05. The van der Waals surface area contributed by atoms with Gasteiger partial charge in [0.05, 0.1) is 0 Å². The van der Waals surface area contributed by atoms with Crippen LogP contribution in [0.15, 0.2) is 36.4 Å². The number of para-hydroxylation sites is 1. The van der Waals surface area contributed by atoms with E-state index in [9.17, 15) is 4.79 Å². The van der Waals surface area contributed by atoms with Gasteiger partial charge in [-0.15, -0.1) is 10.2 Å². The van der Waals surface area contributed by atoms with E-state index in [1.165, 1.54) is 11.6 Å². The normalized spacial score (nSPS) is 18.8. The maximum atomic E-state index is 10.9. The maximum absolute atomic E-state index is 10.9. The molecular weight excluding hydrogens is 306 g/mol. The van der Waals surface area contributed by atoms with E-state index in [-0.39, 0.29) is 11.3 Å². The number of rotatable bonds is 2. The molecule has 0 bridgehead atoms. The third-order valence-corrected chi connectivity index (χ3v) is 5.02. The molecular formula is C18H19N3O3. The quantitative estimate of drug-likeness (QED) is 0.914. The van der Waals surface area contributed by atoms with Gasteiger partial charge in [0.25, 0.3) is 0 Å². The topological polar surface area (TPSA) is 75.5 Å². The van der Waals surface area contributed by atoms with Crippen molar-refractivity contribution in [3.05, 3.63) is 47.7 Å². The Kier molecular flexibility index (Phi) is 3.59. The van der Waals surface area contributed by atoms with Gasteiger partial charge in [-0.05, 0) is 36.6 Å². The molecule has 3 heterocycles. The second-order valence-electron chi connectivity index (χ2n) is 6.46. The number of aromatic nitrogens is 2. The van der Waals surface area contributed by atoms with Crippen LogP contribution in [0.1, 0.15) is 35.3 Å². The minimum absolute atomic E-state index is 0.0283.